The highest BCUT2D eigenvalue weighted by molar-refractivity contribution is 5.83. The molecule has 128 valence electrons. The summed E-state index contributed by atoms with van der Waals surface area (Å²) in [5.41, 5.74) is 0.987. The summed E-state index contributed by atoms with van der Waals surface area (Å²) in [4.78, 5) is 20.0. The van der Waals surface area contributed by atoms with Crippen LogP contribution in [0.4, 0.5) is 0 Å². The van der Waals surface area contributed by atoms with E-state index in [1.807, 2.05) is 22.9 Å². The number of benzene rings is 1. The Morgan fingerprint density at radius 2 is 2.04 bits per heavy atom. The van der Waals surface area contributed by atoms with Gasteiger partial charge in [-0.15, -0.1) is 0 Å². The highest BCUT2D eigenvalue weighted by atomic mass is 16.5. The molecule has 0 spiro atoms. The fraction of sp³-hybridized carbons (Fsp3) is 0.211. The highest BCUT2D eigenvalue weighted by Crippen LogP contribution is 2.27. The minimum absolute atomic E-state index is 0.101. The number of aldehydes is 1. The van der Waals surface area contributed by atoms with Crippen LogP contribution in [-0.4, -0.2) is 25.9 Å². The molecule has 0 bridgehead atoms. The third kappa shape index (κ3) is 3.38. The van der Waals surface area contributed by atoms with Crippen molar-refractivity contribution in [2.24, 2.45) is 0 Å². The SMILES string of the molecule is CC(C)c1nccn1-c1ncccc1COc1cccc(O)c1C=O. The van der Waals surface area contributed by atoms with Crippen LogP contribution in [0.5, 0.6) is 11.5 Å². The number of phenols is 1. The quantitative estimate of drug-likeness (QED) is 0.697. The molecule has 25 heavy (non-hydrogen) atoms. The molecule has 2 heterocycles. The number of phenolic OH excluding ortho intramolecular Hbond substituents is 1. The topological polar surface area (TPSA) is 77.2 Å². The third-order valence-corrected chi connectivity index (χ3v) is 3.83. The maximum absolute atomic E-state index is 11.2. The van der Waals surface area contributed by atoms with Crippen molar-refractivity contribution < 1.29 is 14.6 Å². The summed E-state index contributed by atoms with van der Waals surface area (Å²) >= 11 is 0. The van der Waals surface area contributed by atoms with Gasteiger partial charge in [-0.1, -0.05) is 26.0 Å². The average molecular weight is 337 g/mol. The lowest BCUT2D eigenvalue weighted by molar-refractivity contribution is 0.111. The zero-order valence-corrected chi connectivity index (χ0v) is 14.1. The van der Waals surface area contributed by atoms with E-state index in [2.05, 4.69) is 23.8 Å². The van der Waals surface area contributed by atoms with Gasteiger partial charge in [0.2, 0.25) is 0 Å². The Balaban J connectivity index is 1.91. The number of hydrogen-bond acceptors (Lipinski definition) is 5. The van der Waals surface area contributed by atoms with Crippen molar-refractivity contribution in [3.8, 4) is 17.3 Å². The fourth-order valence-electron chi connectivity index (χ4n) is 2.61. The molecule has 3 aromatic rings. The molecule has 0 aliphatic heterocycles. The molecular formula is C19H19N3O3. The Morgan fingerprint density at radius 3 is 2.80 bits per heavy atom. The summed E-state index contributed by atoms with van der Waals surface area (Å²) < 4.78 is 7.71. The molecule has 0 amide bonds. The van der Waals surface area contributed by atoms with Crippen molar-refractivity contribution in [2.75, 3.05) is 0 Å². The Labute approximate surface area is 145 Å². The van der Waals surface area contributed by atoms with Gasteiger partial charge in [0.05, 0.1) is 5.56 Å². The lowest BCUT2D eigenvalue weighted by Gasteiger charge is -2.15. The molecule has 6 heteroatoms. The molecule has 0 fully saturated rings. The Bertz CT molecular complexity index is 887. The predicted molar refractivity (Wildman–Crippen MR) is 93.3 cm³/mol. The van der Waals surface area contributed by atoms with Gasteiger partial charge < -0.3 is 9.84 Å². The molecule has 0 aliphatic rings. The first-order valence-corrected chi connectivity index (χ1v) is 7.99. The van der Waals surface area contributed by atoms with Crippen LogP contribution in [0.3, 0.4) is 0 Å². The molecule has 2 aromatic heterocycles. The zero-order valence-electron chi connectivity index (χ0n) is 14.1. The van der Waals surface area contributed by atoms with Crippen LogP contribution >= 0.6 is 0 Å². The van der Waals surface area contributed by atoms with Crippen LogP contribution in [0.2, 0.25) is 0 Å². The van der Waals surface area contributed by atoms with Gasteiger partial charge in [-0.25, -0.2) is 9.97 Å². The van der Waals surface area contributed by atoms with Crippen molar-refractivity contribution in [3.05, 3.63) is 65.9 Å². The number of rotatable bonds is 6. The third-order valence-electron chi connectivity index (χ3n) is 3.83. The van der Waals surface area contributed by atoms with Gasteiger partial charge in [-0.3, -0.25) is 9.36 Å². The number of hydrogen-bond donors (Lipinski definition) is 1. The van der Waals surface area contributed by atoms with Gasteiger partial charge in [0.25, 0.3) is 0 Å². The van der Waals surface area contributed by atoms with Crippen molar-refractivity contribution in [3.63, 3.8) is 0 Å². The maximum Gasteiger partial charge on any atom is 0.157 e. The Kier molecular flexibility index (Phi) is 4.79. The van der Waals surface area contributed by atoms with E-state index in [9.17, 15) is 9.90 Å². The van der Waals surface area contributed by atoms with E-state index in [1.54, 1.807) is 24.5 Å². The van der Waals surface area contributed by atoms with Gasteiger partial charge in [0.1, 0.15) is 29.7 Å². The van der Waals surface area contributed by atoms with Gasteiger partial charge in [0.15, 0.2) is 6.29 Å². The molecule has 0 unspecified atom stereocenters. The summed E-state index contributed by atoms with van der Waals surface area (Å²) in [7, 11) is 0. The van der Waals surface area contributed by atoms with Crippen LogP contribution in [0, 0.1) is 0 Å². The second kappa shape index (κ2) is 7.17. The van der Waals surface area contributed by atoms with Crippen LogP contribution in [0.1, 0.15) is 41.5 Å². The fourth-order valence-corrected chi connectivity index (χ4v) is 2.61. The minimum Gasteiger partial charge on any atom is -0.507 e. The standard InChI is InChI=1S/C19H19N3O3/c1-13(2)18-21-9-10-22(18)19-14(5-4-8-20-19)12-25-17-7-3-6-16(24)15(17)11-23/h3-11,13,24H,12H2,1-2H3. The van der Waals surface area contributed by atoms with Crippen LogP contribution in [0.15, 0.2) is 48.9 Å². The largest absolute Gasteiger partial charge is 0.507 e. The van der Waals surface area contributed by atoms with Gasteiger partial charge in [-0.05, 0) is 18.2 Å². The second-order valence-electron chi connectivity index (χ2n) is 5.89. The van der Waals surface area contributed by atoms with Crippen molar-refractivity contribution in [1.29, 1.82) is 0 Å². The smallest absolute Gasteiger partial charge is 0.157 e. The molecule has 6 nitrogen and oxygen atoms in total. The summed E-state index contributed by atoms with van der Waals surface area (Å²) in [5.74, 6) is 2.12. The number of aromatic nitrogens is 3. The number of aromatic hydroxyl groups is 1. The molecule has 0 saturated carbocycles. The Morgan fingerprint density at radius 1 is 1.20 bits per heavy atom. The highest BCUT2D eigenvalue weighted by Gasteiger charge is 2.14. The maximum atomic E-state index is 11.2. The number of nitrogens with zero attached hydrogens (tertiary/aromatic N) is 3. The van der Waals surface area contributed by atoms with Gasteiger partial charge >= 0.3 is 0 Å². The lowest BCUT2D eigenvalue weighted by atomic mass is 10.2. The molecular weight excluding hydrogens is 318 g/mol. The average Bonchev–Trinajstić information content (AvgIpc) is 3.10. The number of carbonyl (C=O) groups is 1. The zero-order chi connectivity index (χ0) is 17.8. The normalized spacial score (nSPS) is 10.8. The van der Waals surface area contributed by atoms with E-state index in [0.717, 1.165) is 17.2 Å². The molecule has 1 N–H and O–H groups in total. The van der Waals surface area contributed by atoms with E-state index in [1.165, 1.54) is 6.07 Å². The molecule has 0 saturated heterocycles. The van der Waals surface area contributed by atoms with Crippen LogP contribution < -0.4 is 4.74 Å². The first kappa shape index (κ1) is 16.7. The molecule has 0 radical (unpaired) electrons. The number of pyridine rings is 1. The predicted octanol–water partition coefficient (Wildman–Crippen LogP) is 3.49. The first-order chi connectivity index (χ1) is 12.1. The van der Waals surface area contributed by atoms with Crippen molar-refractivity contribution in [2.45, 2.75) is 26.4 Å². The van der Waals surface area contributed by atoms with E-state index in [4.69, 9.17) is 4.74 Å². The monoisotopic (exact) mass is 337 g/mol. The van der Waals surface area contributed by atoms with E-state index in [-0.39, 0.29) is 23.8 Å². The van der Waals surface area contributed by atoms with E-state index >= 15 is 0 Å². The van der Waals surface area contributed by atoms with Gasteiger partial charge in [-0.2, -0.15) is 0 Å². The van der Waals surface area contributed by atoms with Crippen molar-refractivity contribution in [1.82, 2.24) is 14.5 Å². The van der Waals surface area contributed by atoms with E-state index in [0.29, 0.717) is 12.0 Å². The molecule has 0 atom stereocenters. The lowest BCUT2D eigenvalue weighted by Crippen LogP contribution is -2.09. The summed E-state index contributed by atoms with van der Waals surface area (Å²) in [6, 6.07) is 8.48. The minimum atomic E-state index is -0.101. The van der Waals surface area contributed by atoms with Crippen LogP contribution in [-0.2, 0) is 6.61 Å². The summed E-state index contributed by atoms with van der Waals surface area (Å²) in [5, 5.41) is 9.75. The molecule has 0 aliphatic carbocycles. The number of carbonyl (C=O) groups excluding carboxylic acids is 1. The van der Waals surface area contributed by atoms with Crippen molar-refractivity contribution >= 4 is 6.29 Å². The van der Waals surface area contributed by atoms with Gasteiger partial charge in [0, 0.05) is 30.1 Å². The van der Waals surface area contributed by atoms with E-state index < -0.39 is 0 Å². The summed E-state index contributed by atoms with van der Waals surface area (Å²) in [6.07, 6.45) is 5.91. The Hall–Kier alpha value is -3.15. The summed E-state index contributed by atoms with van der Waals surface area (Å²) in [6.45, 7) is 4.35. The number of ether oxygens (including phenoxy) is 1. The second-order valence-corrected chi connectivity index (χ2v) is 5.89. The molecule has 3 rings (SSSR count). The number of imidazole rings is 1. The molecule has 1 aromatic carbocycles. The first-order valence-electron chi connectivity index (χ1n) is 7.99. The van der Waals surface area contributed by atoms with Crippen LogP contribution in [0.25, 0.3) is 5.82 Å².